The molecule has 0 aromatic carbocycles. The lowest BCUT2D eigenvalue weighted by Crippen LogP contribution is -2.59. The van der Waals surface area contributed by atoms with Crippen molar-refractivity contribution in [1.82, 2.24) is 34.4 Å². The van der Waals surface area contributed by atoms with E-state index in [9.17, 15) is 0 Å². The van der Waals surface area contributed by atoms with Crippen molar-refractivity contribution in [3.8, 4) is 0 Å². The van der Waals surface area contributed by atoms with Gasteiger partial charge in [-0.2, -0.15) is 9.61 Å². The molecule has 0 N–H and O–H groups in total. The number of hydrogen-bond acceptors (Lipinski definition) is 7. The fourth-order valence-electron chi connectivity index (χ4n) is 3.06. The van der Waals surface area contributed by atoms with Gasteiger partial charge in [0.15, 0.2) is 11.5 Å². The first kappa shape index (κ1) is 13.2. The Morgan fingerprint density at radius 2 is 2.04 bits per heavy atom. The molecular weight excluding hydrogens is 306 g/mol. The third kappa shape index (κ3) is 1.91. The van der Waals surface area contributed by atoms with Gasteiger partial charge in [0.1, 0.15) is 17.7 Å². The van der Waals surface area contributed by atoms with Crippen molar-refractivity contribution in [2.24, 2.45) is 0 Å². The van der Waals surface area contributed by atoms with Crippen molar-refractivity contribution < 1.29 is 0 Å². The molecule has 0 saturated carbocycles. The van der Waals surface area contributed by atoms with Crippen LogP contribution in [-0.4, -0.2) is 60.6 Å². The summed E-state index contributed by atoms with van der Waals surface area (Å²) in [6.07, 6.45) is 7.05. The molecule has 0 amide bonds. The Bertz CT molecular complexity index is 1010. The number of fused-ring (bicyclic) bond motifs is 2. The lowest BCUT2D eigenvalue weighted by molar-refractivity contribution is 0.487. The standard InChI is InChI=1S/C15H15N9/c1-21(15-12-4-5-18-23(12)7-6-16-15)11-8-22(9-11)14-3-2-13-19-17-10-24(13)20-14/h2-7,10-11H,8-9H2,1H3. The van der Waals surface area contributed by atoms with E-state index in [0.717, 1.165) is 35.9 Å². The molecule has 24 heavy (non-hydrogen) atoms. The molecule has 1 aliphatic heterocycles. The molecule has 0 aliphatic carbocycles. The molecule has 0 atom stereocenters. The minimum Gasteiger partial charge on any atom is -0.351 e. The van der Waals surface area contributed by atoms with Crippen molar-refractivity contribution in [3.63, 3.8) is 0 Å². The molecular formula is C15H15N9. The summed E-state index contributed by atoms with van der Waals surface area (Å²) < 4.78 is 3.54. The molecule has 4 aromatic heterocycles. The summed E-state index contributed by atoms with van der Waals surface area (Å²) >= 11 is 0. The van der Waals surface area contributed by atoms with Crippen LogP contribution in [0.3, 0.4) is 0 Å². The van der Waals surface area contributed by atoms with Crippen LogP contribution >= 0.6 is 0 Å². The van der Waals surface area contributed by atoms with E-state index in [1.807, 2.05) is 28.9 Å². The van der Waals surface area contributed by atoms with Gasteiger partial charge in [0, 0.05) is 32.5 Å². The van der Waals surface area contributed by atoms with Gasteiger partial charge < -0.3 is 9.80 Å². The number of aromatic nitrogens is 7. The number of nitrogens with zero attached hydrogens (tertiary/aromatic N) is 9. The van der Waals surface area contributed by atoms with Crippen molar-refractivity contribution in [2.75, 3.05) is 29.9 Å². The first-order valence-corrected chi connectivity index (χ1v) is 7.73. The molecule has 5 heterocycles. The summed E-state index contributed by atoms with van der Waals surface area (Å²) in [5, 5.41) is 16.6. The lowest BCUT2D eigenvalue weighted by Gasteiger charge is -2.44. The van der Waals surface area contributed by atoms with Gasteiger partial charge in [0.05, 0.1) is 12.2 Å². The first-order chi connectivity index (χ1) is 11.8. The zero-order valence-electron chi connectivity index (χ0n) is 13.1. The fourth-order valence-corrected chi connectivity index (χ4v) is 3.06. The Morgan fingerprint density at radius 1 is 1.12 bits per heavy atom. The molecule has 9 heteroatoms. The SMILES string of the molecule is CN(c1nccn2nccc12)C1CN(c2ccc3nncn3n2)C1. The van der Waals surface area contributed by atoms with E-state index in [-0.39, 0.29) is 0 Å². The molecule has 1 aliphatic rings. The highest BCUT2D eigenvalue weighted by atomic mass is 15.4. The maximum Gasteiger partial charge on any atom is 0.177 e. The largest absolute Gasteiger partial charge is 0.351 e. The van der Waals surface area contributed by atoms with E-state index >= 15 is 0 Å². The van der Waals surface area contributed by atoms with Gasteiger partial charge in [0.25, 0.3) is 0 Å². The van der Waals surface area contributed by atoms with E-state index in [4.69, 9.17) is 0 Å². The molecule has 1 saturated heterocycles. The Labute approximate surface area is 137 Å². The first-order valence-electron chi connectivity index (χ1n) is 7.73. The monoisotopic (exact) mass is 321 g/mol. The summed E-state index contributed by atoms with van der Waals surface area (Å²) in [7, 11) is 2.08. The second-order valence-corrected chi connectivity index (χ2v) is 5.91. The van der Waals surface area contributed by atoms with Gasteiger partial charge in [0.2, 0.25) is 0 Å². The average Bonchev–Trinajstić information content (AvgIpc) is 3.21. The maximum absolute atomic E-state index is 4.53. The molecule has 4 aromatic rings. The topological polar surface area (TPSA) is 79.8 Å². The lowest BCUT2D eigenvalue weighted by atomic mass is 10.1. The summed E-state index contributed by atoms with van der Waals surface area (Å²) in [6, 6.07) is 6.28. The molecule has 0 spiro atoms. The van der Waals surface area contributed by atoms with Gasteiger partial charge in [-0.1, -0.05) is 0 Å². The second kappa shape index (κ2) is 4.88. The number of likely N-dealkylation sites (N-methyl/N-ethyl adjacent to an activating group) is 1. The third-order valence-corrected chi connectivity index (χ3v) is 4.52. The summed E-state index contributed by atoms with van der Waals surface area (Å²) in [5.74, 6) is 1.88. The molecule has 5 rings (SSSR count). The van der Waals surface area contributed by atoms with Crippen molar-refractivity contribution in [3.05, 3.63) is 43.1 Å². The fraction of sp³-hybridized carbons (Fsp3) is 0.267. The summed E-state index contributed by atoms with van der Waals surface area (Å²) in [5.41, 5.74) is 1.77. The van der Waals surface area contributed by atoms with E-state index in [1.165, 1.54) is 0 Å². The van der Waals surface area contributed by atoms with Crippen molar-refractivity contribution in [1.29, 1.82) is 0 Å². The zero-order valence-corrected chi connectivity index (χ0v) is 13.1. The Kier molecular flexibility index (Phi) is 2.69. The zero-order chi connectivity index (χ0) is 16.1. The minimum atomic E-state index is 0.386. The second-order valence-electron chi connectivity index (χ2n) is 5.91. The van der Waals surface area contributed by atoms with Crippen LogP contribution in [0.2, 0.25) is 0 Å². The smallest absolute Gasteiger partial charge is 0.177 e. The van der Waals surface area contributed by atoms with Gasteiger partial charge in [-0.25, -0.2) is 9.50 Å². The predicted molar refractivity (Wildman–Crippen MR) is 88.2 cm³/mol. The normalized spacial score (nSPS) is 15.1. The summed E-state index contributed by atoms with van der Waals surface area (Å²) in [6.45, 7) is 1.79. The van der Waals surface area contributed by atoms with Gasteiger partial charge in [-0.3, -0.25) is 0 Å². The van der Waals surface area contributed by atoms with Crippen LogP contribution in [0.5, 0.6) is 0 Å². The molecule has 0 radical (unpaired) electrons. The van der Waals surface area contributed by atoms with Crippen LogP contribution in [0, 0.1) is 0 Å². The van der Waals surface area contributed by atoms with Crippen LogP contribution in [0.1, 0.15) is 0 Å². The van der Waals surface area contributed by atoms with E-state index in [0.29, 0.717) is 6.04 Å². The molecule has 9 nitrogen and oxygen atoms in total. The Balaban J connectivity index is 1.36. The Hall–Kier alpha value is -3.23. The van der Waals surface area contributed by atoms with Gasteiger partial charge >= 0.3 is 0 Å². The van der Waals surface area contributed by atoms with E-state index in [2.05, 4.69) is 42.2 Å². The predicted octanol–water partition coefficient (Wildman–Crippen LogP) is 0.492. The number of hydrogen-bond donors (Lipinski definition) is 0. The highest BCUT2D eigenvalue weighted by Gasteiger charge is 2.32. The number of rotatable bonds is 3. The average molecular weight is 321 g/mol. The van der Waals surface area contributed by atoms with Gasteiger partial charge in [-0.05, 0) is 18.2 Å². The van der Waals surface area contributed by atoms with E-state index in [1.54, 1.807) is 23.2 Å². The Morgan fingerprint density at radius 3 is 2.96 bits per heavy atom. The van der Waals surface area contributed by atoms with Crippen LogP contribution in [0.4, 0.5) is 11.6 Å². The van der Waals surface area contributed by atoms with Crippen molar-refractivity contribution in [2.45, 2.75) is 6.04 Å². The molecule has 120 valence electrons. The van der Waals surface area contributed by atoms with Crippen LogP contribution in [0.25, 0.3) is 11.2 Å². The van der Waals surface area contributed by atoms with Crippen molar-refractivity contribution >= 4 is 22.8 Å². The molecule has 1 fully saturated rings. The minimum absolute atomic E-state index is 0.386. The number of anilines is 2. The van der Waals surface area contributed by atoms with E-state index < -0.39 is 0 Å². The molecule has 0 unspecified atom stereocenters. The summed E-state index contributed by atoms with van der Waals surface area (Å²) in [4.78, 5) is 8.97. The van der Waals surface area contributed by atoms with Crippen LogP contribution in [0.15, 0.2) is 43.1 Å². The molecule has 0 bridgehead atoms. The maximum atomic E-state index is 4.53. The third-order valence-electron chi connectivity index (χ3n) is 4.52. The quantitative estimate of drug-likeness (QED) is 0.543. The highest BCUT2D eigenvalue weighted by Crippen LogP contribution is 2.26. The van der Waals surface area contributed by atoms with Crippen LogP contribution in [-0.2, 0) is 0 Å². The van der Waals surface area contributed by atoms with Crippen LogP contribution < -0.4 is 9.80 Å². The highest BCUT2D eigenvalue weighted by molar-refractivity contribution is 5.69. The van der Waals surface area contributed by atoms with Gasteiger partial charge in [-0.15, -0.1) is 15.3 Å².